The fraction of sp³-hybridized carbons (Fsp3) is 0.786. The van der Waals surface area contributed by atoms with Gasteiger partial charge in [-0.3, -0.25) is 4.79 Å². The standard InChI is InChI=1S/C14H16O2/c15-11-10-5-9-6-12-3-1-2-4-13(12,7-9)14(10,12)8-16-11/h1-2,9-10H,3-8H2/t9?,10?,12-,13+,14?. The van der Waals surface area contributed by atoms with Crippen LogP contribution in [0.25, 0.3) is 0 Å². The lowest BCUT2D eigenvalue weighted by Crippen LogP contribution is -2.36. The summed E-state index contributed by atoms with van der Waals surface area (Å²) < 4.78 is 5.46. The van der Waals surface area contributed by atoms with Crippen LogP contribution in [-0.4, -0.2) is 12.6 Å². The largest absolute Gasteiger partial charge is 0.465 e. The van der Waals surface area contributed by atoms with Gasteiger partial charge in [-0.25, -0.2) is 0 Å². The Hall–Kier alpha value is -0.790. The van der Waals surface area contributed by atoms with Gasteiger partial charge in [0, 0.05) is 5.41 Å². The first-order chi connectivity index (χ1) is 7.76. The zero-order valence-electron chi connectivity index (χ0n) is 9.37. The van der Waals surface area contributed by atoms with Crippen molar-refractivity contribution < 1.29 is 9.53 Å². The fourth-order valence-electron chi connectivity index (χ4n) is 6.59. The molecule has 4 saturated carbocycles. The Labute approximate surface area is 95.0 Å². The molecule has 6 aliphatic rings. The molecular weight excluding hydrogens is 200 g/mol. The number of hydrogen-bond donors (Lipinski definition) is 0. The normalized spacial score (nSPS) is 63.9. The Kier molecular flexibility index (Phi) is 1.04. The summed E-state index contributed by atoms with van der Waals surface area (Å²) in [5.41, 5.74) is 1.23. The van der Waals surface area contributed by atoms with E-state index in [1.165, 1.54) is 25.7 Å². The number of cyclic esters (lactones) is 1. The van der Waals surface area contributed by atoms with Crippen molar-refractivity contribution in [1.29, 1.82) is 0 Å². The van der Waals surface area contributed by atoms with Crippen molar-refractivity contribution in [3.8, 4) is 0 Å². The first-order valence-corrected chi connectivity index (χ1v) is 6.57. The maximum atomic E-state index is 11.9. The van der Waals surface area contributed by atoms with E-state index >= 15 is 0 Å². The molecule has 1 heterocycles. The zero-order chi connectivity index (χ0) is 10.6. The van der Waals surface area contributed by atoms with Crippen LogP contribution in [0.15, 0.2) is 12.2 Å². The topological polar surface area (TPSA) is 26.3 Å². The lowest BCUT2D eigenvalue weighted by molar-refractivity contribution is -0.142. The van der Waals surface area contributed by atoms with Crippen molar-refractivity contribution >= 4 is 5.97 Å². The summed E-state index contributed by atoms with van der Waals surface area (Å²) >= 11 is 0. The highest BCUT2D eigenvalue weighted by Gasteiger charge is 2.94. The number of carbonyl (C=O) groups is 1. The summed E-state index contributed by atoms with van der Waals surface area (Å²) in [6.07, 6.45) is 11.0. The van der Waals surface area contributed by atoms with E-state index in [2.05, 4.69) is 12.2 Å². The molecule has 0 amide bonds. The van der Waals surface area contributed by atoms with Gasteiger partial charge in [0.1, 0.15) is 0 Å². The molecule has 4 bridgehead atoms. The van der Waals surface area contributed by atoms with Crippen molar-refractivity contribution in [1.82, 2.24) is 0 Å². The fourth-order valence-corrected chi connectivity index (χ4v) is 6.59. The molecule has 0 N–H and O–H groups in total. The van der Waals surface area contributed by atoms with E-state index in [1.54, 1.807) is 0 Å². The van der Waals surface area contributed by atoms with Gasteiger partial charge in [-0.15, -0.1) is 0 Å². The van der Waals surface area contributed by atoms with Crippen LogP contribution in [-0.2, 0) is 9.53 Å². The Bertz CT molecular complexity index is 428. The molecule has 5 aliphatic carbocycles. The molecule has 5 fully saturated rings. The van der Waals surface area contributed by atoms with Gasteiger partial charge in [0.15, 0.2) is 0 Å². The summed E-state index contributed by atoms with van der Waals surface area (Å²) in [6.45, 7) is 0.741. The minimum Gasteiger partial charge on any atom is -0.465 e. The zero-order valence-corrected chi connectivity index (χ0v) is 9.37. The molecule has 3 unspecified atom stereocenters. The van der Waals surface area contributed by atoms with Crippen molar-refractivity contribution in [2.75, 3.05) is 6.61 Å². The Morgan fingerprint density at radius 2 is 1.88 bits per heavy atom. The van der Waals surface area contributed by atoms with Gasteiger partial charge in [-0.1, -0.05) is 12.2 Å². The number of ether oxygens (including phenoxy) is 1. The average molecular weight is 216 g/mol. The summed E-state index contributed by atoms with van der Waals surface area (Å²) in [4.78, 5) is 11.9. The van der Waals surface area contributed by atoms with Gasteiger partial charge >= 0.3 is 5.97 Å². The number of hydrogen-bond acceptors (Lipinski definition) is 2. The van der Waals surface area contributed by atoms with E-state index in [9.17, 15) is 4.79 Å². The summed E-state index contributed by atoms with van der Waals surface area (Å²) in [6, 6.07) is 0. The molecule has 0 aromatic rings. The third-order valence-electron chi connectivity index (χ3n) is 6.83. The first-order valence-electron chi connectivity index (χ1n) is 6.57. The maximum absolute atomic E-state index is 11.9. The van der Waals surface area contributed by atoms with Crippen LogP contribution in [0.3, 0.4) is 0 Å². The molecule has 3 spiro atoms. The number of rotatable bonds is 0. The minimum absolute atomic E-state index is 0.123. The van der Waals surface area contributed by atoms with Crippen LogP contribution in [0, 0.1) is 28.1 Å². The molecule has 0 aromatic heterocycles. The highest BCUT2D eigenvalue weighted by molar-refractivity contribution is 5.79. The third kappa shape index (κ3) is 0.493. The van der Waals surface area contributed by atoms with E-state index < -0.39 is 0 Å². The van der Waals surface area contributed by atoms with Crippen molar-refractivity contribution in [2.45, 2.75) is 32.1 Å². The molecule has 1 saturated heterocycles. The van der Waals surface area contributed by atoms with Gasteiger partial charge in [-0.05, 0) is 48.9 Å². The summed E-state index contributed by atoms with van der Waals surface area (Å²) in [5, 5.41) is 0. The maximum Gasteiger partial charge on any atom is 0.309 e. The number of esters is 1. The molecule has 0 aromatic carbocycles. The number of carbonyl (C=O) groups excluding carboxylic acids is 1. The van der Waals surface area contributed by atoms with E-state index in [-0.39, 0.29) is 17.3 Å². The highest BCUT2D eigenvalue weighted by atomic mass is 16.5. The van der Waals surface area contributed by atoms with Crippen molar-refractivity contribution in [3.05, 3.63) is 12.2 Å². The van der Waals surface area contributed by atoms with E-state index in [1.807, 2.05) is 0 Å². The molecule has 1 aliphatic heterocycles. The van der Waals surface area contributed by atoms with Crippen LogP contribution < -0.4 is 0 Å². The van der Waals surface area contributed by atoms with Gasteiger partial charge in [0.25, 0.3) is 0 Å². The van der Waals surface area contributed by atoms with E-state index in [0.717, 1.165) is 18.9 Å². The van der Waals surface area contributed by atoms with E-state index in [4.69, 9.17) is 4.74 Å². The first kappa shape index (κ1) is 8.32. The van der Waals surface area contributed by atoms with E-state index in [0.29, 0.717) is 10.8 Å². The lowest BCUT2D eigenvalue weighted by Gasteiger charge is -2.36. The van der Waals surface area contributed by atoms with Crippen LogP contribution in [0.1, 0.15) is 32.1 Å². The molecule has 0 radical (unpaired) electrons. The summed E-state index contributed by atoms with van der Waals surface area (Å²) in [7, 11) is 0. The van der Waals surface area contributed by atoms with Gasteiger partial charge < -0.3 is 4.74 Å². The van der Waals surface area contributed by atoms with Gasteiger partial charge in [0.2, 0.25) is 0 Å². The third-order valence-corrected chi connectivity index (χ3v) is 6.83. The quantitative estimate of drug-likeness (QED) is 0.459. The van der Waals surface area contributed by atoms with Crippen molar-refractivity contribution in [2.24, 2.45) is 28.1 Å². The predicted molar refractivity (Wildman–Crippen MR) is 57.5 cm³/mol. The highest BCUT2D eigenvalue weighted by Crippen LogP contribution is 2.96. The van der Waals surface area contributed by atoms with Crippen LogP contribution >= 0.6 is 0 Å². The second-order valence-electron chi connectivity index (χ2n) is 6.69. The molecule has 6 rings (SSSR count). The van der Waals surface area contributed by atoms with Gasteiger partial charge in [0.05, 0.1) is 12.5 Å². The summed E-state index contributed by atoms with van der Waals surface area (Å²) in [5.74, 6) is 1.20. The monoisotopic (exact) mass is 216 g/mol. The van der Waals surface area contributed by atoms with Crippen molar-refractivity contribution in [3.63, 3.8) is 0 Å². The van der Waals surface area contributed by atoms with Crippen LogP contribution in [0.2, 0.25) is 0 Å². The SMILES string of the molecule is O=C1OCC23C1CC1C[C@@]24CC=CC[C@@]34C1. The number of allylic oxidation sites excluding steroid dienone is 2. The average Bonchev–Trinajstić information content (AvgIpc) is 2.56. The lowest BCUT2D eigenvalue weighted by atomic mass is 9.65. The molecule has 2 nitrogen and oxygen atoms in total. The second kappa shape index (κ2) is 2.00. The Morgan fingerprint density at radius 1 is 1.19 bits per heavy atom. The smallest absolute Gasteiger partial charge is 0.309 e. The van der Waals surface area contributed by atoms with Crippen LogP contribution in [0.5, 0.6) is 0 Å². The minimum atomic E-state index is 0.123. The van der Waals surface area contributed by atoms with Gasteiger partial charge in [-0.2, -0.15) is 0 Å². The second-order valence-corrected chi connectivity index (χ2v) is 6.69. The molecule has 84 valence electrons. The molecule has 2 heteroatoms. The molecule has 16 heavy (non-hydrogen) atoms. The molecular formula is C14H16O2. The Morgan fingerprint density at radius 3 is 2.56 bits per heavy atom. The van der Waals surface area contributed by atoms with Crippen LogP contribution in [0.4, 0.5) is 0 Å². The molecule has 5 atom stereocenters. The predicted octanol–water partition coefficient (Wildman–Crippen LogP) is 2.30. The Balaban J connectivity index is 1.77.